The average Bonchev–Trinajstić information content (AvgIpc) is 1.68. The van der Waals surface area contributed by atoms with Crippen LogP contribution in [0.25, 0.3) is 0 Å². The molecule has 5 aliphatic carbocycles. The van der Waals surface area contributed by atoms with E-state index in [0.29, 0.717) is 101 Å². The zero-order chi connectivity index (χ0) is 69.7. The van der Waals surface area contributed by atoms with Crippen molar-refractivity contribution in [2.24, 2.45) is 57.9 Å². The van der Waals surface area contributed by atoms with Gasteiger partial charge < -0.3 is 40.4 Å². The summed E-state index contributed by atoms with van der Waals surface area (Å²) in [7, 11) is 3.68. The fraction of sp³-hybridized carbons (Fsp3) is 0.526. The molecule has 0 spiro atoms. The second-order valence-electron chi connectivity index (χ2n) is 26.9. The molecule has 6 aromatic rings. The number of nitrogens with two attached hydrogens (primary N) is 2. The third-order valence-electron chi connectivity index (χ3n) is 19.1. The molecule has 4 aromatic carbocycles. The Morgan fingerprint density at radius 2 is 0.745 bits per heavy atom. The normalized spacial score (nSPS) is 22.7. The lowest BCUT2D eigenvalue weighted by molar-refractivity contribution is -0.148. The van der Waals surface area contributed by atoms with Crippen molar-refractivity contribution in [3.8, 4) is 0 Å². The van der Waals surface area contributed by atoms with Crippen LogP contribution in [0.1, 0.15) is 200 Å². The van der Waals surface area contributed by atoms with Crippen LogP contribution in [-0.2, 0) is 78.9 Å². The monoisotopic (exact) mass is 1350 g/mol. The molecule has 0 unspecified atom stereocenters. The van der Waals surface area contributed by atoms with Crippen LogP contribution in [-0.4, -0.2) is 109 Å². The molecule has 5 saturated carbocycles. The van der Waals surface area contributed by atoms with Crippen LogP contribution in [0.3, 0.4) is 0 Å². The number of benzene rings is 4. The van der Waals surface area contributed by atoms with E-state index in [1.807, 2.05) is 135 Å². The van der Waals surface area contributed by atoms with Gasteiger partial charge in [-0.2, -0.15) is 10.2 Å². The van der Waals surface area contributed by atoms with Crippen LogP contribution in [0.15, 0.2) is 139 Å². The fourth-order valence-corrected chi connectivity index (χ4v) is 13.1. The summed E-state index contributed by atoms with van der Waals surface area (Å²) in [6.07, 6.45) is 24.9. The Morgan fingerprint density at radius 3 is 1.03 bits per heavy atom. The molecule has 11 rings (SSSR count). The number of aliphatic carboxylic acids is 1. The number of carbonyl (C=O) groups excluding carboxylic acids is 6. The molecule has 0 bridgehead atoms. The molecule has 5 fully saturated rings. The number of aromatic amines is 2. The molecule has 5 aliphatic rings. The summed E-state index contributed by atoms with van der Waals surface area (Å²) < 4.78 is 21.2. The highest BCUT2D eigenvalue weighted by atomic mass is 16.5. The SMILES string of the molecule is CN(C)C=NC(=O)C1CCC(CC(=O)OCc2ccccc2)CC1.NC(=O)C1CCC(CC(=O)OCc2ccccc2)CC1.NC1CCC(c2ncn[nH]2)CC1.O=C(CC1CCC(C(=O)O)CC1)OCc1ccccc1.O=C(CC1CCC(c2ncn[nH]2)CC1)OCc1ccccc1. The van der Waals surface area contributed by atoms with E-state index in [1.54, 1.807) is 23.9 Å². The number of amides is 2. The highest BCUT2D eigenvalue weighted by Crippen LogP contribution is 2.37. The molecule has 98 heavy (non-hydrogen) atoms. The van der Waals surface area contributed by atoms with Crippen molar-refractivity contribution in [2.45, 2.75) is 198 Å². The summed E-state index contributed by atoms with van der Waals surface area (Å²) >= 11 is 0. The van der Waals surface area contributed by atoms with Crippen LogP contribution in [0.2, 0.25) is 0 Å². The second kappa shape index (κ2) is 42.7. The number of aromatic nitrogens is 6. The maximum Gasteiger partial charge on any atom is 0.306 e. The van der Waals surface area contributed by atoms with E-state index >= 15 is 0 Å². The number of hydrogen-bond donors (Lipinski definition) is 5. The first-order valence-corrected chi connectivity index (χ1v) is 35.0. The Labute approximate surface area is 576 Å². The molecule has 0 aliphatic heterocycles. The molecule has 0 saturated heterocycles. The van der Waals surface area contributed by atoms with Gasteiger partial charge in [-0.05, 0) is 174 Å². The van der Waals surface area contributed by atoms with Gasteiger partial charge >= 0.3 is 29.8 Å². The zero-order valence-electron chi connectivity index (χ0n) is 57.1. The van der Waals surface area contributed by atoms with E-state index in [4.69, 9.17) is 35.5 Å². The van der Waals surface area contributed by atoms with Crippen LogP contribution in [0.4, 0.5) is 0 Å². The topological polar surface area (TPSA) is 327 Å². The first-order valence-electron chi connectivity index (χ1n) is 35.0. The number of H-pyrrole nitrogens is 2. The smallest absolute Gasteiger partial charge is 0.306 e. The summed E-state index contributed by atoms with van der Waals surface area (Å²) in [5.74, 6) is 2.57. The number of nitrogens with one attached hydrogen (secondary N) is 2. The molecule has 22 nitrogen and oxygen atoms in total. The van der Waals surface area contributed by atoms with Gasteiger partial charge in [-0.1, -0.05) is 121 Å². The number of esters is 4. The number of nitrogens with zero attached hydrogens (tertiary/aromatic N) is 6. The predicted octanol–water partition coefficient (Wildman–Crippen LogP) is 12.5. The molecule has 2 amide bonds. The van der Waals surface area contributed by atoms with Gasteiger partial charge in [0, 0.05) is 69.5 Å². The Balaban J connectivity index is 0.000000175. The molecule has 22 heteroatoms. The molecule has 2 heterocycles. The predicted molar refractivity (Wildman–Crippen MR) is 370 cm³/mol. The highest BCUT2D eigenvalue weighted by molar-refractivity contribution is 5.86. The fourth-order valence-electron chi connectivity index (χ4n) is 13.1. The third-order valence-corrected chi connectivity index (χ3v) is 19.1. The summed E-state index contributed by atoms with van der Waals surface area (Å²) in [5.41, 5.74) is 15.1. The van der Waals surface area contributed by atoms with Crippen molar-refractivity contribution >= 4 is 48.0 Å². The van der Waals surface area contributed by atoms with Gasteiger partial charge in [-0.3, -0.25) is 43.8 Å². The van der Waals surface area contributed by atoms with Crippen LogP contribution in [0, 0.1) is 41.4 Å². The van der Waals surface area contributed by atoms with Crippen molar-refractivity contribution in [1.29, 1.82) is 0 Å². The van der Waals surface area contributed by atoms with E-state index in [-0.39, 0.29) is 59.4 Å². The second-order valence-corrected chi connectivity index (χ2v) is 26.9. The van der Waals surface area contributed by atoms with Crippen molar-refractivity contribution in [3.05, 3.63) is 168 Å². The van der Waals surface area contributed by atoms with Gasteiger partial charge in [0.2, 0.25) is 11.8 Å². The van der Waals surface area contributed by atoms with Crippen LogP contribution < -0.4 is 11.5 Å². The maximum atomic E-state index is 12.0. The first kappa shape index (κ1) is 76.4. The molecule has 528 valence electrons. The Morgan fingerprint density at radius 1 is 0.449 bits per heavy atom. The average molecular weight is 1350 g/mol. The lowest BCUT2D eigenvalue weighted by atomic mass is 9.80. The number of primary amides is 1. The number of carboxylic acids is 1. The van der Waals surface area contributed by atoms with Gasteiger partial charge in [0.25, 0.3) is 0 Å². The number of carboxylic acid groups (broad SMARTS) is 1. The number of carbonyl (C=O) groups is 7. The van der Waals surface area contributed by atoms with Gasteiger partial charge in [0.15, 0.2) is 0 Å². The largest absolute Gasteiger partial charge is 0.481 e. The summed E-state index contributed by atoms with van der Waals surface area (Å²) in [4.78, 5) is 95.5. The molecular weight excluding hydrogens is 1240 g/mol. The quantitative estimate of drug-likeness (QED) is 0.0182. The molecule has 0 radical (unpaired) electrons. The summed E-state index contributed by atoms with van der Waals surface area (Å²) in [5, 5.41) is 22.5. The van der Waals surface area contributed by atoms with Gasteiger partial charge in [-0.15, -0.1) is 0 Å². The standard InChI is InChI=1S/C19H26N2O3.C17H21N3O2.C16H21NO3.C16H20O4.C8H14N4/c1-21(2)14-20-19(23)17-10-8-15(9-11-17)12-18(22)24-13-16-6-4-3-5-7-16;21-16(22-11-14-4-2-1-3-5-14)10-13-6-8-15(9-7-13)17-18-12-19-20-17;17-16(19)14-8-6-12(7-9-14)10-15(18)20-11-13-4-2-1-3-5-13;17-15(20-11-13-4-2-1-3-5-13)10-12-6-8-14(9-7-12)16(18)19;9-7-3-1-6(2-4-7)8-10-5-11-12-8/h3-7,14-15,17H,8-13H2,1-2H3;1-5,12-13,15H,6-11H2,(H,18,19,20);1-5,12,14H,6-11H2,(H2,17,19);1-5,12,14H,6-11H2,(H,18,19);5-7H,1-4,9H2,(H,10,11,12). The van der Waals surface area contributed by atoms with Gasteiger partial charge in [0.1, 0.15) is 50.7 Å². The minimum absolute atomic E-state index is 0.00205. The van der Waals surface area contributed by atoms with Gasteiger partial charge in [0.05, 0.1) is 12.3 Å². The minimum Gasteiger partial charge on any atom is -0.481 e. The van der Waals surface area contributed by atoms with Crippen molar-refractivity contribution in [1.82, 2.24) is 35.3 Å². The Bertz CT molecular complexity index is 3180. The number of rotatable bonds is 22. The maximum absolute atomic E-state index is 12.0. The van der Waals surface area contributed by atoms with Crippen molar-refractivity contribution in [2.75, 3.05) is 14.1 Å². The van der Waals surface area contributed by atoms with E-state index in [9.17, 15) is 33.6 Å². The number of aliphatic imine (C=N–C) groups is 1. The van der Waals surface area contributed by atoms with Gasteiger partial charge in [-0.25, -0.2) is 15.0 Å². The highest BCUT2D eigenvalue weighted by Gasteiger charge is 2.31. The molecular formula is C76H102N10O12. The molecule has 7 N–H and O–H groups in total. The van der Waals surface area contributed by atoms with Crippen molar-refractivity contribution < 1.29 is 57.6 Å². The molecule has 2 aromatic heterocycles. The lowest BCUT2D eigenvalue weighted by Crippen LogP contribution is -2.28. The van der Waals surface area contributed by atoms with Crippen LogP contribution >= 0.6 is 0 Å². The third kappa shape index (κ3) is 29.4. The Hall–Kier alpha value is -8.92. The van der Waals surface area contributed by atoms with E-state index in [0.717, 1.165) is 149 Å². The summed E-state index contributed by atoms with van der Waals surface area (Å²) in [6, 6.07) is 39.1. The zero-order valence-corrected chi connectivity index (χ0v) is 57.1. The van der Waals surface area contributed by atoms with E-state index < -0.39 is 5.97 Å². The first-order chi connectivity index (χ1) is 47.5. The molecule has 0 atom stereocenters. The lowest BCUT2D eigenvalue weighted by Gasteiger charge is -2.26. The van der Waals surface area contributed by atoms with E-state index in [1.165, 1.54) is 0 Å². The van der Waals surface area contributed by atoms with E-state index in [2.05, 4.69) is 35.4 Å². The number of hydrogen-bond acceptors (Lipinski definition) is 16. The minimum atomic E-state index is -0.713. The number of ether oxygens (including phenoxy) is 4. The Kier molecular flexibility index (Phi) is 33.3. The summed E-state index contributed by atoms with van der Waals surface area (Å²) in [6.45, 7) is 1.33. The van der Waals surface area contributed by atoms with Crippen molar-refractivity contribution in [3.63, 3.8) is 0 Å². The van der Waals surface area contributed by atoms with Crippen LogP contribution in [0.5, 0.6) is 0 Å².